The van der Waals surface area contributed by atoms with Crippen LogP contribution in [0, 0.1) is 6.92 Å². The summed E-state index contributed by atoms with van der Waals surface area (Å²) in [7, 11) is 0. The molecule has 2 rings (SSSR count). The Morgan fingerprint density at radius 2 is 2.00 bits per heavy atom. The van der Waals surface area contributed by atoms with Crippen LogP contribution in [0.15, 0.2) is 12.1 Å². The van der Waals surface area contributed by atoms with Gasteiger partial charge in [-0.1, -0.05) is 23.2 Å². The number of nitrogens with one attached hydrogen (secondary N) is 1. The van der Waals surface area contributed by atoms with E-state index in [9.17, 15) is 5.11 Å². The summed E-state index contributed by atoms with van der Waals surface area (Å²) in [5.41, 5.74) is 1.77. The normalized spacial score (nSPS) is 24.8. The van der Waals surface area contributed by atoms with Crippen LogP contribution < -0.4 is 5.32 Å². The number of hydrogen-bond acceptors (Lipinski definition) is 2. The molecule has 0 bridgehead atoms. The van der Waals surface area contributed by atoms with Crippen molar-refractivity contribution in [3.8, 4) is 0 Å². The van der Waals surface area contributed by atoms with Crippen LogP contribution in [0.25, 0.3) is 0 Å². The highest BCUT2D eigenvalue weighted by atomic mass is 35.5. The Bertz CT molecular complexity index is 395. The largest absolute Gasteiger partial charge is 0.391 e. The smallest absolute Gasteiger partial charge is 0.0741 e. The van der Waals surface area contributed by atoms with Crippen LogP contribution in [-0.4, -0.2) is 17.3 Å². The Labute approximate surface area is 106 Å². The predicted molar refractivity (Wildman–Crippen MR) is 68.5 cm³/mol. The number of aliphatic hydroxyl groups excluding tert-OH is 1. The standard InChI is InChI=1S/C12H15Cl2NO/c1-7-5-9(14)11(6-8(7)13)15-10-3-2-4-12(10)16/h5-6,10,12,15-16H,2-4H2,1H3/t10-,12-/m1/s1. The van der Waals surface area contributed by atoms with Crippen LogP contribution in [0.4, 0.5) is 5.69 Å². The van der Waals surface area contributed by atoms with Gasteiger partial charge < -0.3 is 10.4 Å². The molecule has 0 unspecified atom stereocenters. The molecular weight excluding hydrogens is 245 g/mol. The number of halogens is 2. The maximum atomic E-state index is 9.73. The minimum atomic E-state index is -0.281. The predicted octanol–water partition coefficient (Wildman–Crippen LogP) is 3.63. The van der Waals surface area contributed by atoms with Crippen molar-refractivity contribution in [1.82, 2.24) is 0 Å². The van der Waals surface area contributed by atoms with E-state index in [-0.39, 0.29) is 12.1 Å². The minimum Gasteiger partial charge on any atom is -0.391 e. The van der Waals surface area contributed by atoms with Crippen LogP contribution in [0.5, 0.6) is 0 Å². The zero-order chi connectivity index (χ0) is 11.7. The molecule has 4 heteroatoms. The van der Waals surface area contributed by atoms with Gasteiger partial charge in [-0.2, -0.15) is 0 Å². The molecule has 2 N–H and O–H groups in total. The molecule has 1 aromatic rings. The van der Waals surface area contributed by atoms with Crippen molar-refractivity contribution < 1.29 is 5.11 Å². The first kappa shape index (κ1) is 12.0. The van der Waals surface area contributed by atoms with E-state index < -0.39 is 0 Å². The molecule has 1 fully saturated rings. The van der Waals surface area contributed by atoms with Crippen LogP contribution in [0.1, 0.15) is 24.8 Å². The highest BCUT2D eigenvalue weighted by Gasteiger charge is 2.25. The van der Waals surface area contributed by atoms with E-state index in [0.29, 0.717) is 10.0 Å². The summed E-state index contributed by atoms with van der Waals surface area (Å²) in [5, 5.41) is 14.3. The lowest BCUT2D eigenvalue weighted by molar-refractivity contribution is 0.172. The second-order valence-electron chi connectivity index (χ2n) is 4.33. The third-order valence-corrected chi connectivity index (χ3v) is 3.79. The lowest BCUT2D eigenvalue weighted by Crippen LogP contribution is -2.28. The monoisotopic (exact) mass is 259 g/mol. The van der Waals surface area contributed by atoms with Crippen molar-refractivity contribution in [3.63, 3.8) is 0 Å². The molecule has 0 radical (unpaired) electrons. The number of hydrogen-bond donors (Lipinski definition) is 2. The summed E-state index contributed by atoms with van der Waals surface area (Å²) in [6.07, 6.45) is 2.60. The molecule has 0 aliphatic heterocycles. The van der Waals surface area contributed by atoms with Gasteiger partial charge in [0.25, 0.3) is 0 Å². The summed E-state index contributed by atoms with van der Waals surface area (Å²) in [5.74, 6) is 0. The van der Waals surface area contributed by atoms with Crippen LogP contribution >= 0.6 is 23.2 Å². The summed E-state index contributed by atoms with van der Waals surface area (Å²) in [6.45, 7) is 1.92. The van der Waals surface area contributed by atoms with Crippen molar-refractivity contribution in [2.24, 2.45) is 0 Å². The Kier molecular flexibility index (Phi) is 3.63. The maximum Gasteiger partial charge on any atom is 0.0741 e. The zero-order valence-corrected chi connectivity index (χ0v) is 10.6. The van der Waals surface area contributed by atoms with Gasteiger partial charge in [-0.05, 0) is 43.9 Å². The summed E-state index contributed by atoms with van der Waals surface area (Å²) < 4.78 is 0. The molecule has 88 valence electrons. The molecule has 0 amide bonds. The first-order chi connectivity index (χ1) is 7.58. The molecule has 1 aliphatic rings. The fourth-order valence-corrected chi connectivity index (χ4v) is 2.50. The van der Waals surface area contributed by atoms with Crippen molar-refractivity contribution in [3.05, 3.63) is 27.7 Å². The number of benzene rings is 1. The van der Waals surface area contributed by atoms with Gasteiger partial charge in [-0.25, -0.2) is 0 Å². The van der Waals surface area contributed by atoms with Crippen molar-refractivity contribution >= 4 is 28.9 Å². The zero-order valence-electron chi connectivity index (χ0n) is 9.13. The Balaban J connectivity index is 2.18. The van der Waals surface area contributed by atoms with E-state index in [1.165, 1.54) is 0 Å². The summed E-state index contributed by atoms with van der Waals surface area (Å²) in [4.78, 5) is 0. The fourth-order valence-electron chi connectivity index (χ4n) is 2.07. The van der Waals surface area contributed by atoms with E-state index in [2.05, 4.69) is 5.32 Å². The second kappa shape index (κ2) is 4.82. The Morgan fingerprint density at radius 1 is 1.25 bits per heavy atom. The van der Waals surface area contributed by atoms with Crippen LogP contribution in [0.3, 0.4) is 0 Å². The SMILES string of the molecule is Cc1cc(Cl)c(N[C@@H]2CCC[C@H]2O)cc1Cl. The van der Waals surface area contributed by atoms with Crippen molar-refractivity contribution in [1.29, 1.82) is 0 Å². The molecule has 1 saturated carbocycles. The van der Waals surface area contributed by atoms with Crippen LogP contribution in [0.2, 0.25) is 10.0 Å². The van der Waals surface area contributed by atoms with Gasteiger partial charge >= 0.3 is 0 Å². The summed E-state index contributed by atoms with van der Waals surface area (Å²) in [6, 6.07) is 3.76. The molecule has 0 saturated heterocycles. The average molecular weight is 260 g/mol. The van der Waals surface area contributed by atoms with Gasteiger partial charge in [0.15, 0.2) is 0 Å². The lowest BCUT2D eigenvalue weighted by atomic mass is 10.1. The van der Waals surface area contributed by atoms with Crippen LogP contribution in [-0.2, 0) is 0 Å². The minimum absolute atomic E-state index is 0.0938. The number of rotatable bonds is 2. The molecule has 1 aromatic carbocycles. The third kappa shape index (κ3) is 2.45. The average Bonchev–Trinajstić information content (AvgIpc) is 2.61. The highest BCUT2D eigenvalue weighted by molar-refractivity contribution is 6.35. The second-order valence-corrected chi connectivity index (χ2v) is 5.14. The molecule has 0 aromatic heterocycles. The van der Waals surface area contributed by atoms with E-state index in [1.807, 2.05) is 19.1 Å². The number of aryl methyl sites for hydroxylation is 1. The van der Waals surface area contributed by atoms with Gasteiger partial charge in [0.1, 0.15) is 0 Å². The maximum absolute atomic E-state index is 9.73. The van der Waals surface area contributed by atoms with Gasteiger partial charge in [0.2, 0.25) is 0 Å². The quantitative estimate of drug-likeness (QED) is 0.851. The lowest BCUT2D eigenvalue weighted by Gasteiger charge is -2.19. The Morgan fingerprint density at radius 3 is 2.62 bits per heavy atom. The molecule has 2 atom stereocenters. The molecular formula is C12H15Cl2NO. The van der Waals surface area contributed by atoms with Crippen molar-refractivity contribution in [2.45, 2.75) is 38.3 Å². The summed E-state index contributed by atoms with van der Waals surface area (Å²) >= 11 is 12.2. The topological polar surface area (TPSA) is 32.3 Å². The first-order valence-corrected chi connectivity index (χ1v) is 6.24. The van der Waals surface area contributed by atoms with E-state index in [1.54, 1.807) is 0 Å². The van der Waals surface area contributed by atoms with E-state index in [0.717, 1.165) is 30.5 Å². The van der Waals surface area contributed by atoms with Gasteiger partial charge in [-0.3, -0.25) is 0 Å². The Hall–Kier alpha value is -0.440. The number of anilines is 1. The molecule has 0 heterocycles. The first-order valence-electron chi connectivity index (χ1n) is 5.48. The van der Waals surface area contributed by atoms with E-state index in [4.69, 9.17) is 23.2 Å². The van der Waals surface area contributed by atoms with E-state index >= 15 is 0 Å². The fraction of sp³-hybridized carbons (Fsp3) is 0.500. The molecule has 16 heavy (non-hydrogen) atoms. The number of aliphatic hydroxyl groups is 1. The highest BCUT2D eigenvalue weighted by Crippen LogP contribution is 2.31. The molecule has 0 spiro atoms. The van der Waals surface area contributed by atoms with Crippen molar-refractivity contribution in [2.75, 3.05) is 5.32 Å². The van der Waals surface area contributed by atoms with Gasteiger partial charge in [0, 0.05) is 5.02 Å². The third-order valence-electron chi connectivity index (χ3n) is 3.07. The van der Waals surface area contributed by atoms with Gasteiger partial charge in [0.05, 0.1) is 22.9 Å². The van der Waals surface area contributed by atoms with Gasteiger partial charge in [-0.15, -0.1) is 0 Å². The molecule has 2 nitrogen and oxygen atoms in total. The molecule has 1 aliphatic carbocycles.